The van der Waals surface area contributed by atoms with Crippen molar-refractivity contribution in [1.29, 1.82) is 0 Å². The molecule has 0 amide bonds. The number of hydrogen-bond donors (Lipinski definition) is 0. The monoisotopic (exact) mass is 796 g/mol. The molecule has 294 valence electrons. The maximum absolute atomic E-state index is 7.18. The fraction of sp³-hybridized carbons (Fsp3) is 0.0357. The predicted octanol–water partition coefficient (Wildman–Crippen LogP) is 9.18. The largest absolute Gasteiger partial charge is 0.647 e. The van der Waals surface area contributed by atoms with Crippen LogP contribution in [0.4, 0.5) is 0 Å². The van der Waals surface area contributed by atoms with E-state index in [4.69, 9.17) is 9.31 Å². The zero-order chi connectivity index (χ0) is 41.4. The number of hydrogen-bond acceptors (Lipinski definition) is 2. The summed E-state index contributed by atoms with van der Waals surface area (Å²) in [6.07, 6.45) is 0. The molecular weight excluding hydrogens is 754 g/mol. The summed E-state index contributed by atoms with van der Waals surface area (Å²) in [6, 6.07) is 78.4. The Bertz CT molecular complexity index is 3040. The Labute approximate surface area is 361 Å². The van der Waals surface area contributed by atoms with Crippen LogP contribution in [-0.4, -0.2) is 13.0 Å². The molecule has 6 heteroatoms. The second-order valence-electron chi connectivity index (χ2n) is 17.0. The number of aryl methyl sites for hydroxylation is 2. The van der Waals surface area contributed by atoms with Gasteiger partial charge in [0.15, 0.2) is 0 Å². The fourth-order valence-electron chi connectivity index (χ4n) is 10.8. The molecule has 0 saturated carbocycles. The van der Waals surface area contributed by atoms with Crippen LogP contribution in [0.1, 0.15) is 11.4 Å². The third-order valence-electron chi connectivity index (χ3n) is 13.6. The van der Waals surface area contributed by atoms with Crippen LogP contribution >= 0.6 is 0 Å². The highest BCUT2D eigenvalue weighted by molar-refractivity contribution is 6.92. The molecule has 0 aliphatic carbocycles. The lowest BCUT2D eigenvalue weighted by molar-refractivity contribution is -0.523. The van der Waals surface area contributed by atoms with E-state index in [0.29, 0.717) is 0 Å². The molecule has 4 heterocycles. The van der Waals surface area contributed by atoms with Gasteiger partial charge in [-0.25, -0.2) is 0 Å². The highest BCUT2D eigenvalue weighted by Gasteiger charge is 2.52. The van der Waals surface area contributed by atoms with Crippen LogP contribution in [-0.2, 0) is 0 Å². The Kier molecular flexibility index (Phi) is 8.13. The molecule has 0 spiro atoms. The van der Waals surface area contributed by atoms with Gasteiger partial charge in [0.25, 0.3) is 0 Å². The number of aromatic nitrogens is 2. The molecule has 2 aliphatic rings. The van der Waals surface area contributed by atoms with Crippen molar-refractivity contribution in [2.24, 2.45) is 0 Å². The zero-order valence-electron chi connectivity index (χ0n) is 34.7. The molecule has 10 aromatic rings. The van der Waals surface area contributed by atoms with Gasteiger partial charge in [-0.3, -0.25) is 0 Å². The average molecular weight is 797 g/mol. The highest BCUT2D eigenvalue weighted by Crippen LogP contribution is 2.40. The second-order valence-corrected chi connectivity index (χ2v) is 17.0. The summed E-state index contributed by atoms with van der Waals surface area (Å²) in [5, 5.41) is 2.35. The molecule has 2 aromatic heterocycles. The Hall–Kier alpha value is -7.69. The average Bonchev–Trinajstić information content (AvgIpc) is 3.90. The van der Waals surface area contributed by atoms with E-state index in [0.717, 1.165) is 55.8 Å². The molecule has 0 N–H and O–H groups in total. The first kappa shape index (κ1) is 36.2. The van der Waals surface area contributed by atoms with Crippen molar-refractivity contribution in [3.63, 3.8) is 0 Å². The summed E-state index contributed by atoms with van der Waals surface area (Å²) >= 11 is 0. The molecule has 2 aliphatic heterocycles. The molecule has 8 aromatic carbocycles. The number of benzene rings is 8. The maximum Gasteiger partial charge on any atom is 0.514 e. The van der Waals surface area contributed by atoms with Crippen LogP contribution in [0, 0.1) is 13.8 Å². The predicted molar refractivity (Wildman–Crippen MR) is 255 cm³/mol. The smallest absolute Gasteiger partial charge is 0.514 e. The number of rotatable bonds is 7. The lowest BCUT2D eigenvalue weighted by atomic mass is 9.41. The van der Waals surface area contributed by atoms with E-state index in [1.165, 1.54) is 44.2 Å². The summed E-state index contributed by atoms with van der Waals surface area (Å²) < 4.78 is 19.3. The van der Waals surface area contributed by atoms with E-state index in [2.05, 4.69) is 241 Å². The maximum atomic E-state index is 7.18. The Morgan fingerprint density at radius 3 is 0.935 bits per heavy atom. The number of pyridine rings is 2. The van der Waals surface area contributed by atoms with Crippen LogP contribution in [0.5, 0.6) is 11.5 Å². The summed E-state index contributed by atoms with van der Waals surface area (Å²) in [7, 11) is 0. The van der Waals surface area contributed by atoms with E-state index in [-0.39, 0.29) is 0 Å². The molecule has 62 heavy (non-hydrogen) atoms. The van der Waals surface area contributed by atoms with E-state index in [1.54, 1.807) is 0 Å². The first-order chi connectivity index (χ1) is 30.5. The van der Waals surface area contributed by atoms with Gasteiger partial charge in [0.05, 0.1) is 10.8 Å². The lowest BCUT2D eigenvalue weighted by Gasteiger charge is -2.32. The molecule has 4 nitrogen and oxygen atoms in total. The molecular formula is C56H42B2N2O2. The van der Waals surface area contributed by atoms with Gasteiger partial charge in [0.2, 0.25) is 11.0 Å². The van der Waals surface area contributed by atoms with E-state index in [9.17, 15) is 0 Å². The van der Waals surface area contributed by atoms with Gasteiger partial charge < -0.3 is 18.3 Å². The standard InChI is InChI=1S/C56H42B2N2O2/c1-39-23-33-51-49(35-37-53-55(51)59(39)57(61-53,45-15-7-3-8-16-45)46-17-9-4-10-18-46)43-29-25-41(26-30-43)42-27-31-44(32-28-42)50-36-38-54-56-52(50)34-24-40(2)60(56)58(62-54,47-19-11-5-12-20-47)48-21-13-6-14-22-48/h3-38H,1-2H3. The van der Waals surface area contributed by atoms with Crippen molar-refractivity contribution in [2.45, 2.75) is 13.8 Å². The molecule has 0 bridgehead atoms. The van der Waals surface area contributed by atoms with Crippen molar-refractivity contribution < 1.29 is 18.3 Å². The first-order valence-electron chi connectivity index (χ1n) is 21.6. The Morgan fingerprint density at radius 2 is 0.613 bits per heavy atom. The Balaban J connectivity index is 0.902. The molecule has 0 unspecified atom stereocenters. The summed E-state index contributed by atoms with van der Waals surface area (Å²) in [5.74, 6) is 1.82. The molecule has 0 fully saturated rings. The molecule has 12 rings (SSSR count). The van der Waals surface area contributed by atoms with Gasteiger partial charge in [0.1, 0.15) is 22.9 Å². The minimum atomic E-state index is -1.75. The lowest BCUT2D eigenvalue weighted by Crippen LogP contribution is -2.81. The van der Waals surface area contributed by atoms with Crippen LogP contribution in [0.3, 0.4) is 0 Å². The van der Waals surface area contributed by atoms with E-state index < -0.39 is 13.0 Å². The van der Waals surface area contributed by atoms with Crippen molar-refractivity contribution >= 4 is 56.6 Å². The normalized spacial score (nSPS) is 14.2. The van der Waals surface area contributed by atoms with Gasteiger partial charge >= 0.3 is 13.0 Å². The van der Waals surface area contributed by atoms with Crippen LogP contribution in [0.2, 0.25) is 0 Å². The second kappa shape index (κ2) is 13.9. The summed E-state index contributed by atoms with van der Waals surface area (Å²) in [6.45, 7) is 0.879. The van der Waals surface area contributed by atoms with Gasteiger partial charge in [0, 0.05) is 26.0 Å². The Morgan fingerprint density at radius 1 is 0.306 bits per heavy atom. The van der Waals surface area contributed by atoms with E-state index in [1.807, 2.05) is 0 Å². The van der Waals surface area contributed by atoms with Gasteiger partial charge in [-0.05, 0) is 69.8 Å². The molecule has 0 atom stereocenters. The fourth-order valence-corrected chi connectivity index (χ4v) is 10.8. The summed E-state index contributed by atoms with van der Waals surface area (Å²) in [4.78, 5) is 0. The third kappa shape index (κ3) is 5.23. The quantitative estimate of drug-likeness (QED) is 0.151. The SMILES string of the molecule is Cc1ccc2c(-c3ccc(-c4ccc(-c5ccc6c7c5ccc(C)[n+]7[B-](c5ccccc5)(c5ccccc5)O6)cc4)cc3)ccc3c2[n+]1[B-](c1ccccc1)(c1ccccc1)O3. The molecule has 0 radical (unpaired) electrons. The van der Waals surface area contributed by atoms with Gasteiger partial charge in [-0.1, -0.05) is 192 Å². The third-order valence-corrected chi connectivity index (χ3v) is 13.6. The van der Waals surface area contributed by atoms with Crippen LogP contribution in [0.25, 0.3) is 55.2 Å². The summed E-state index contributed by atoms with van der Waals surface area (Å²) in [5.41, 5.74) is 16.2. The van der Waals surface area contributed by atoms with Crippen molar-refractivity contribution in [3.8, 4) is 44.9 Å². The highest BCUT2D eigenvalue weighted by atomic mass is 16.5. The topological polar surface area (TPSA) is 26.2 Å². The van der Waals surface area contributed by atoms with Gasteiger partial charge in [-0.15, -0.1) is 0 Å². The number of nitrogens with zero attached hydrogens (tertiary/aromatic N) is 2. The molecule has 0 saturated heterocycles. The van der Waals surface area contributed by atoms with Crippen LogP contribution in [0.15, 0.2) is 218 Å². The zero-order valence-corrected chi connectivity index (χ0v) is 34.7. The van der Waals surface area contributed by atoms with Crippen molar-refractivity contribution in [3.05, 3.63) is 230 Å². The van der Waals surface area contributed by atoms with Gasteiger partial charge in [-0.2, -0.15) is 0 Å². The minimum Gasteiger partial charge on any atom is -0.647 e. The van der Waals surface area contributed by atoms with Crippen molar-refractivity contribution in [2.75, 3.05) is 0 Å². The van der Waals surface area contributed by atoms with E-state index >= 15 is 0 Å². The minimum absolute atomic E-state index is 0.908. The van der Waals surface area contributed by atoms with Crippen LogP contribution < -0.4 is 40.1 Å². The first-order valence-corrected chi connectivity index (χ1v) is 21.6. The van der Waals surface area contributed by atoms with Crippen molar-refractivity contribution in [1.82, 2.24) is 0 Å².